The molecule has 0 unspecified atom stereocenters. The van der Waals surface area contributed by atoms with Gasteiger partial charge in [0.05, 0.1) is 17.4 Å². The van der Waals surface area contributed by atoms with Crippen LogP contribution in [0.2, 0.25) is 5.02 Å². The normalized spacial score (nSPS) is 10.8. The number of carbonyl (C=O) groups is 1. The van der Waals surface area contributed by atoms with Crippen molar-refractivity contribution in [3.05, 3.63) is 115 Å². The Balaban J connectivity index is 1.62. The average molecular weight is 420 g/mol. The van der Waals surface area contributed by atoms with Gasteiger partial charge in [0.1, 0.15) is 0 Å². The maximum absolute atomic E-state index is 12.9. The fourth-order valence-electron chi connectivity index (χ4n) is 3.19. The van der Waals surface area contributed by atoms with Crippen LogP contribution in [0.3, 0.4) is 0 Å². The van der Waals surface area contributed by atoms with Crippen molar-refractivity contribution in [1.29, 1.82) is 0 Å². The summed E-state index contributed by atoms with van der Waals surface area (Å²) in [6.45, 7) is 0.482. The van der Waals surface area contributed by atoms with Gasteiger partial charge in [0.25, 0.3) is 11.5 Å². The Morgan fingerprint density at radius 3 is 2.40 bits per heavy atom. The molecule has 1 amide bonds. The van der Waals surface area contributed by atoms with Gasteiger partial charge in [0.2, 0.25) is 0 Å². The number of nitrogens with one attached hydrogen (secondary N) is 2. The highest BCUT2D eigenvalue weighted by Crippen LogP contribution is 2.12. The molecule has 0 saturated heterocycles. The maximum atomic E-state index is 12.9. The van der Waals surface area contributed by atoms with Gasteiger partial charge in [-0.25, -0.2) is 4.79 Å². The number of halogens is 1. The second-order valence-electron chi connectivity index (χ2n) is 6.88. The smallest absolute Gasteiger partial charge is 0.329 e. The Labute approximate surface area is 176 Å². The first-order valence-corrected chi connectivity index (χ1v) is 9.72. The van der Waals surface area contributed by atoms with Crippen LogP contribution in [0.1, 0.15) is 21.5 Å². The van der Waals surface area contributed by atoms with Crippen molar-refractivity contribution in [3.8, 4) is 0 Å². The fourth-order valence-corrected chi connectivity index (χ4v) is 3.31. The zero-order valence-corrected chi connectivity index (χ0v) is 16.6. The maximum Gasteiger partial charge on any atom is 0.329 e. The van der Waals surface area contributed by atoms with Crippen molar-refractivity contribution in [2.24, 2.45) is 0 Å². The zero-order chi connectivity index (χ0) is 21.1. The summed E-state index contributed by atoms with van der Waals surface area (Å²) in [6.07, 6.45) is 0. The van der Waals surface area contributed by atoms with Crippen LogP contribution < -0.4 is 16.6 Å². The number of aromatic nitrogens is 2. The Morgan fingerprint density at radius 1 is 0.933 bits per heavy atom. The third kappa shape index (κ3) is 4.18. The molecular weight excluding hydrogens is 402 g/mol. The highest BCUT2D eigenvalue weighted by atomic mass is 35.5. The summed E-state index contributed by atoms with van der Waals surface area (Å²) in [5.74, 6) is -0.313. The number of fused-ring (bicyclic) bond motifs is 1. The third-order valence-corrected chi connectivity index (χ3v) is 5.05. The van der Waals surface area contributed by atoms with Gasteiger partial charge in [-0.2, -0.15) is 0 Å². The van der Waals surface area contributed by atoms with Crippen LogP contribution in [0, 0.1) is 0 Å². The van der Waals surface area contributed by atoms with Crippen molar-refractivity contribution in [1.82, 2.24) is 14.9 Å². The van der Waals surface area contributed by atoms with E-state index in [1.807, 2.05) is 42.5 Å². The van der Waals surface area contributed by atoms with E-state index in [4.69, 9.17) is 11.6 Å². The number of hydrogen-bond acceptors (Lipinski definition) is 3. The lowest BCUT2D eigenvalue weighted by atomic mass is 10.1. The molecule has 0 aliphatic heterocycles. The first kappa shape index (κ1) is 19.7. The van der Waals surface area contributed by atoms with E-state index in [9.17, 15) is 14.4 Å². The molecule has 4 rings (SSSR count). The van der Waals surface area contributed by atoms with Crippen LogP contribution in [0.5, 0.6) is 0 Å². The molecule has 3 aromatic carbocycles. The van der Waals surface area contributed by atoms with Gasteiger partial charge in [0.15, 0.2) is 0 Å². The second kappa shape index (κ2) is 8.39. The molecule has 0 atom stereocenters. The molecule has 2 N–H and O–H groups in total. The van der Waals surface area contributed by atoms with Crippen LogP contribution in [0.25, 0.3) is 10.9 Å². The lowest BCUT2D eigenvalue weighted by molar-refractivity contribution is 0.0951. The van der Waals surface area contributed by atoms with Gasteiger partial charge in [-0.15, -0.1) is 0 Å². The lowest BCUT2D eigenvalue weighted by Gasteiger charge is -2.09. The van der Waals surface area contributed by atoms with Crippen LogP contribution in [0.15, 0.2) is 82.4 Å². The summed E-state index contributed by atoms with van der Waals surface area (Å²) in [5.41, 5.74) is 1.54. The van der Waals surface area contributed by atoms with Crippen LogP contribution >= 0.6 is 11.6 Å². The molecule has 7 heteroatoms. The van der Waals surface area contributed by atoms with E-state index in [0.29, 0.717) is 22.6 Å². The molecule has 0 spiro atoms. The molecule has 30 heavy (non-hydrogen) atoms. The number of amides is 1. The SMILES string of the molecule is O=C(NCc1ccc(Cl)cc1)c1ccc2[nH]c(=O)n(Cc3ccccc3)c(=O)c2c1. The van der Waals surface area contributed by atoms with Crippen LogP contribution in [-0.2, 0) is 13.1 Å². The summed E-state index contributed by atoms with van der Waals surface area (Å²) in [4.78, 5) is 40.6. The summed E-state index contributed by atoms with van der Waals surface area (Å²) >= 11 is 5.87. The minimum atomic E-state index is -0.490. The minimum Gasteiger partial charge on any atom is -0.348 e. The Bertz CT molecular complexity index is 1330. The summed E-state index contributed by atoms with van der Waals surface area (Å²) in [6, 6.07) is 21.1. The molecule has 0 aliphatic rings. The minimum absolute atomic E-state index is 0.151. The van der Waals surface area contributed by atoms with E-state index in [1.54, 1.807) is 24.3 Å². The highest BCUT2D eigenvalue weighted by Gasteiger charge is 2.12. The quantitative estimate of drug-likeness (QED) is 0.520. The largest absolute Gasteiger partial charge is 0.348 e. The summed E-state index contributed by atoms with van der Waals surface area (Å²) < 4.78 is 1.13. The predicted octanol–water partition coefficient (Wildman–Crippen LogP) is 3.32. The first-order valence-electron chi connectivity index (χ1n) is 9.35. The number of nitrogens with zero attached hydrogens (tertiary/aromatic N) is 1. The van der Waals surface area contributed by atoms with E-state index in [0.717, 1.165) is 15.7 Å². The van der Waals surface area contributed by atoms with Gasteiger partial charge in [0, 0.05) is 17.1 Å². The van der Waals surface area contributed by atoms with Crippen molar-refractivity contribution >= 4 is 28.4 Å². The van der Waals surface area contributed by atoms with E-state index < -0.39 is 11.2 Å². The lowest BCUT2D eigenvalue weighted by Crippen LogP contribution is -2.35. The molecule has 150 valence electrons. The number of benzene rings is 3. The van der Waals surface area contributed by atoms with Gasteiger partial charge in [-0.1, -0.05) is 54.1 Å². The van der Waals surface area contributed by atoms with Gasteiger partial charge in [-0.05, 0) is 41.5 Å². The van der Waals surface area contributed by atoms with E-state index >= 15 is 0 Å². The number of hydrogen-bond donors (Lipinski definition) is 2. The fraction of sp³-hybridized carbons (Fsp3) is 0.0870. The molecule has 4 aromatic rings. The predicted molar refractivity (Wildman–Crippen MR) is 117 cm³/mol. The number of carbonyl (C=O) groups excluding carboxylic acids is 1. The molecule has 0 radical (unpaired) electrons. The Morgan fingerprint density at radius 2 is 1.67 bits per heavy atom. The molecule has 0 bridgehead atoms. The number of rotatable bonds is 5. The summed E-state index contributed by atoms with van der Waals surface area (Å²) in [7, 11) is 0. The van der Waals surface area contributed by atoms with Gasteiger partial charge < -0.3 is 10.3 Å². The number of H-pyrrole nitrogens is 1. The van der Waals surface area contributed by atoms with E-state index in [-0.39, 0.29) is 17.8 Å². The van der Waals surface area contributed by atoms with Gasteiger partial charge in [-0.3, -0.25) is 14.2 Å². The molecule has 1 aromatic heterocycles. The van der Waals surface area contributed by atoms with Crippen LogP contribution in [0.4, 0.5) is 0 Å². The molecule has 0 fully saturated rings. The van der Waals surface area contributed by atoms with Crippen molar-refractivity contribution in [3.63, 3.8) is 0 Å². The molecule has 0 aliphatic carbocycles. The van der Waals surface area contributed by atoms with Crippen molar-refractivity contribution in [2.45, 2.75) is 13.1 Å². The van der Waals surface area contributed by atoms with E-state index in [1.165, 1.54) is 6.07 Å². The monoisotopic (exact) mass is 419 g/mol. The second-order valence-corrected chi connectivity index (χ2v) is 7.31. The standard InChI is InChI=1S/C23H18ClN3O3/c24-18-9-6-15(7-10-18)13-25-21(28)17-8-11-20-19(12-17)22(29)27(23(30)26-20)14-16-4-2-1-3-5-16/h1-12H,13-14H2,(H,25,28)(H,26,30). The molecule has 6 nitrogen and oxygen atoms in total. The van der Waals surface area contributed by atoms with Crippen molar-refractivity contribution < 1.29 is 4.79 Å². The van der Waals surface area contributed by atoms with Crippen LogP contribution in [-0.4, -0.2) is 15.5 Å². The number of aromatic amines is 1. The third-order valence-electron chi connectivity index (χ3n) is 4.79. The first-order chi connectivity index (χ1) is 14.5. The Kier molecular flexibility index (Phi) is 5.50. The van der Waals surface area contributed by atoms with E-state index in [2.05, 4.69) is 10.3 Å². The van der Waals surface area contributed by atoms with Gasteiger partial charge >= 0.3 is 5.69 Å². The molecule has 0 saturated carbocycles. The zero-order valence-electron chi connectivity index (χ0n) is 15.9. The van der Waals surface area contributed by atoms with Crippen molar-refractivity contribution in [2.75, 3.05) is 0 Å². The Hall–Kier alpha value is -3.64. The molecule has 1 heterocycles. The summed E-state index contributed by atoms with van der Waals surface area (Å²) in [5, 5.41) is 3.73. The topological polar surface area (TPSA) is 84.0 Å². The highest BCUT2D eigenvalue weighted by molar-refractivity contribution is 6.30. The average Bonchev–Trinajstić information content (AvgIpc) is 2.76. The molecular formula is C23H18ClN3O3.